The molecule has 1 aliphatic rings. The van der Waals surface area contributed by atoms with Gasteiger partial charge in [-0.15, -0.1) is 0 Å². The van der Waals surface area contributed by atoms with Crippen LogP contribution in [0.1, 0.15) is 27.7 Å². The lowest BCUT2D eigenvalue weighted by Gasteiger charge is -2.39. The van der Waals surface area contributed by atoms with E-state index < -0.39 is 0 Å². The van der Waals surface area contributed by atoms with E-state index in [0.717, 1.165) is 0 Å². The van der Waals surface area contributed by atoms with Crippen LogP contribution in [0.25, 0.3) is 0 Å². The zero-order valence-electron chi connectivity index (χ0n) is 10.5. The van der Waals surface area contributed by atoms with Gasteiger partial charge in [0, 0.05) is 14.2 Å². The highest BCUT2D eigenvalue weighted by atomic mass is 16.7. The minimum Gasteiger partial charge on any atom is -0.405 e. The highest BCUT2D eigenvalue weighted by Gasteiger charge is 2.48. The molecule has 0 aliphatic carbocycles. The van der Waals surface area contributed by atoms with Crippen molar-refractivity contribution in [2.24, 2.45) is 0 Å². The van der Waals surface area contributed by atoms with Crippen LogP contribution in [0.2, 0.25) is 0 Å². The summed E-state index contributed by atoms with van der Waals surface area (Å²) in [4.78, 5) is 0. The lowest BCUT2D eigenvalue weighted by molar-refractivity contribution is -0.132. The van der Waals surface area contributed by atoms with Crippen LogP contribution in [0, 0.1) is 0 Å². The molecule has 0 aromatic heterocycles. The van der Waals surface area contributed by atoms with Crippen molar-refractivity contribution >= 4 is 7.69 Å². The highest BCUT2D eigenvalue weighted by molar-refractivity contribution is 6.19. The molecule has 1 saturated heterocycles. The van der Waals surface area contributed by atoms with Crippen molar-refractivity contribution in [3.05, 3.63) is 0 Å². The number of rotatable bonds is 4. The molecule has 0 N–H and O–H groups in total. The van der Waals surface area contributed by atoms with Gasteiger partial charge in [0.2, 0.25) is 0 Å². The second-order valence-electron chi connectivity index (χ2n) is 4.91. The Bertz CT molecular complexity index is 195. The summed E-state index contributed by atoms with van der Waals surface area (Å²) in [6.07, 6.45) is -0.227. The Balaban J connectivity index is 2.82. The van der Waals surface area contributed by atoms with Gasteiger partial charge in [-0.05, 0) is 27.7 Å². The summed E-state index contributed by atoms with van der Waals surface area (Å²) in [7, 11) is 3.66. The summed E-state index contributed by atoms with van der Waals surface area (Å²) in [6.45, 7) is 7.96. The third-order valence-electron chi connectivity index (χ3n) is 3.19. The van der Waals surface area contributed by atoms with Gasteiger partial charge in [-0.25, -0.2) is 0 Å². The molecule has 15 heavy (non-hydrogen) atoms. The number of hydrogen-bond acceptors (Lipinski definition) is 4. The maximum absolute atomic E-state index is 5.58. The van der Waals surface area contributed by atoms with Crippen LogP contribution in [-0.4, -0.2) is 45.3 Å². The van der Waals surface area contributed by atoms with E-state index >= 15 is 0 Å². The van der Waals surface area contributed by atoms with Crippen LogP contribution in [0.3, 0.4) is 0 Å². The first-order chi connectivity index (χ1) is 6.85. The Morgan fingerprint density at radius 2 is 1.20 bits per heavy atom. The van der Waals surface area contributed by atoms with Gasteiger partial charge in [-0.1, -0.05) is 0 Å². The molecule has 1 fully saturated rings. The SMILES string of the molecule is COC(C)(C)[C@@H]1OBO[C@H]1C(C)(C)OC. The van der Waals surface area contributed by atoms with E-state index in [9.17, 15) is 0 Å². The average molecular weight is 216 g/mol. The van der Waals surface area contributed by atoms with Crippen molar-refractivity contribution in [2.45, 2.75) is 51.1 Å². The van der Waals surface area contributed by atoms with Crippen molar-refractivity contribution < 1.29 is 18.8 Å². The number of methoxy groups -OCH3 is 2. The summed E-state index contributed by atoms with van der Waals surface area (Å²) in [5, 5.41) is 0. The molecular formula is C10H21BO4. The minimum atomic E-state index is -0.378. The first-order valence-corrected chi connectivity index (χ1v) is 5.18. The molecule has 0 amide bonds. The van der Waals surface area contributed by atoms with Crippen molar-refractivity contribution in [3.8, 4) is 0 Å². The van der Waals surface area contributed by atoms with Gasteiger partial charge in [0.1, 0.15) is 0 Å². The van der Waals surface area contributed by atoms with E-state index in [1.54, 1.807) is 14.2 Å². The number of hydrogen-bond donors (Lipinski definition) is 0. The Morgan fingerprint density at radius 1 is 0.867 bits per heavy atom. The molecule has 0 radical (unpaired) electrons. The van der Waals surface area contributed by atoms with Crippen molar-refractivity contribution in [3.63, 3.8) is 0 Å². The van der Waals surface area contributed by atoms with E-state index in [0.29, 0.717) is 7.69 Å². The monoisotopic (exact) mass is 216 g/mol. The largest absolute Gasteiger partial charge is 0.438 e. The normalized spacial score (nSPS) is 27.9. The maximum atomic E-state index is 5.58. The first-order valence-electron chi connectivity index (χ1n) is 5.18. The molecule has 1 heterocycles. The quantitative estimate of drug-likeness (QED) is 0.654. The second-order valence-corrected chi connectivity index (χ2v) is 4.91. The van der Waals surface area contributed by atoms with Crippen LogP contribution in [0.15, 0.2) is 0 Å². The van der Waals surface area contributed by atoms with Crippen LogP contribution < -0.4 is 0 Å². The Morgan fingerprint density at radius 3 is 1.47 bits per heavy atom. The summed E-state index contributed by atoms with van der Waals surface area (Å²) in [5.41, 5.74) is -0.756. The standard InChI is InChI=1S/C10H21BO4/c1-9(2,12-5)7-8(15-11-14-7)10(3,4)13-6/h7-8,11H,1-6H3/t7-,8-/m1/s1. The van der Waals surface area contributed by atoms with Gasteiger partial charge in [-0.3, -0.25) is 0 Å². The fourth-order valence-electron chi connectivity index (χ4n) is 1.72. The summed E-state index contributed by atoms with van der Waals surface area (Å²) < 4.78 is 22.0. The van der Waals surface area contributed by atoms with E-state index in [1.807, 2.05) is 27.7 Å². The van der Waals surface area contributed by atoms with Gasteiger partial charge in [-0.2, -0.15) is 0 Å². The van der Waals surface area contributed by atoms with E-state index in [4.69, 9.17) is 18.8 Å². The molecule has 0 aromatic rings. The average Bonchev–Trinajstić information content (AvgIpc) is 2.67. The van der Waals surface area contributed by atoms with Gasteiger partial charge >= 0.3 is 7.69 Å². The van der Waals surface area contributed by atoms with E-state index in [2.05, 4.69) is 0 Å². The zero-order chi connectivity index (χ0) is 11.7. The highest BCUT2D eigenvalue weighted by Crippen LogP contribution is 2.32. The van der Waals surface area contributed by atoms with Gasteiger partial charge in [0.15, 0.2) is 0 Å². The third-order valence-corrected chi connectivity index (χ3v) is 3.19. The topological polar surface area (TPSA) is 36.9 Å². The van der Waals surface area contributed by atoms with Crippen molar-refractivity contribution in [1.82, 2.24) is 0 Å². The van der Waals surface area contributed by atoms with Crippen molar-refractivity contribution in [2.75, 3.05) is 14.2 Å². The molecule has 0 unspecified atom stereocenters. The van der Waals surface area contributed by atoms with Crippen LogP contribution in [0.5, 0.6) is 0 Å². The molecular weight excluding hydrogens is 195 g/mol. The minimum absolute atomic E-state index is 0.113. The number of ether oxygens (including phenoxy) is 2. The van der Waals surface area contributed by atoms with Crippen LogP contribution in [-0.2, 0) is 18.8 Å². The van der Waals surface area contributed by atoms with E-state index in [1.165, 1.54) is 0 Å². The maximum Gasteiger partial charge on any atom is 0.438 e. The van der Waals surface area contributed by atoms with Crippen LogP contribution >= 0.6 is 0 Å². The second kappa shape index (κ2) is 4.41. The molecule has 2 atom stereocenters. The zero-order valence-corrected chi connectivity index (χ0v) is 10.5. The molecule has 4 nitrogen and oxygen atoms in total. The van der Waals surface area contributed by atoms with Gasteiger partial charge in [0.05, 0.1) is 23.4 Å². The first kappa shape index (κ1) is 13.0. The Kier molecular flexibility index (Phi) is 3.82. The molecule has 0 saturated carbocycles. The lowest BCUT2D eigenvalue weighted by Crippen LogP contribution is -2.53. The fourth-order valence-corrected chi connectivity index (χ4v) is 1.72. The van der Waals surface area contributed by atoms with Crippen LogP contribution in [0.4, 0.5) is 0 Å². The predicted octanol–water partition coefficient (Wildman–Crippen LogP) is 0.887. The molecule has 1 aliphatic heterocycles. The molecule has 1 rings (SSSR count). The van der Waals surface area contributed by atoms with Gasteiger partial charge < -0.3 is 18.8 Å². The summed E-state index contributed by atoms with van der Waals surface area (Å²) >= 11 is 0. The third kappa shape index (κ3) is 2.53. The lowest BCUT2D eigenvalue weighted by atomic mass is 9.87. The Hall–Kier alpha value is -0.0951. The summed E-state index contributed by atoms with van der Waals surface area (Å²) in [5.74, 6) is 0. The molecule has 0 spiro atoms. The predicted molar refractivity (Wildman–Crippen MR) is 59.1 cm³/mol. The smallest absolute Gasteiger partial charge is 0.405 e. The van der Waals surface area contributed by atoms with E-state index in [-0.39, 0.29) is 23.4 Å². The molecule has 5 heteroatoms. The fraction of sp³-hybridized carbons (Fsp3) is 1.00. The molecule has 0 bridgehead atoms. The molecule has 0 aromatic carbocycles. The molecule has 88 valence electrons. The van der Waals surface area contributed by atoms with Gasteiger partial charge in [0.25, 0.3) is 0 Å². The van der Waals surface area contributed by atoms with Crippen molar-refractivity contribution in [1.29, 1.82) is 0 Å². The Labute approximate surface area is 92.5 Å². The summed E-state index contributed by atoms with van der Waals surface area (Å²) in [6, 6.07) is 0.